The van der Waals surface area contributed by atoms with Gasteiger partial charge in [-0.25, -0.2) is 4.98 Å². The van der Waals surface area contributed by atoms with Gasteiger partial charge in [-0.3, -0.25) is 9.59 Å². The molecule has 0 spiro atoms. The first-order chi connectivity index (χ1) is 10.8. The number of hydrogen-bond acceptors (Lipinski definition) is 5. The fourth-order valence-corrected chi connectivity index (χ4v) is 4.38. The maximum atomic E-state index is 12.5. The van der Waals surface area contributed by atoms with Crippen molar-refractivity contribution in [1.82, 2.24) is 4.98 Å². The number of aryl methyl sites for hydroxylation is 4. The van der Waals surface area contributed by atoms with Crippen molar-refractivity contribution in [2.75, 3.05) is 5.75 Å². The number of hydrogen-bond donors (Lipinski definition) is 1. The summed E-state index contributed by atoms with van der Waals surface area (Å²) in [5.41, 5.74) is 10.1. The Bertz CT molecular complexity index is 766. The summed E-state index contributed by atoms with van der Waals surface area (Å²) in [7, 11) is 0. The number of thiazole rings is 1. The van der Waals surface area contributed by atoms with Crippen molar-refractivity contribution in [3.05, 3.63) is 45.0 Å². The van der Waals surface area contributed by atoms with Gasteiger partial charge < -0.3 is 5.73 Å². The van der Waals surface area contributed by atoms with E-state index in [0.29, 0.717) is 5.75 Å². The smallest absolute Gasteiger partial charge is 0.222 e. The van der Waals surface area contributed by atoms with Crippen molar-refractivity contribution in [1.29, 1.82) is 0 Å². The van der Waals surface area contributed by atoms with Crippen LogP contribution in [0.15, 0.2) is 16.5 Å². The molecule has 2 N–H and O–H groups in total. The maximum absolute atomic E-state index is 12.5. The number of thioether (sulfide) groups is 1. The summed E-state index contributed by atoms with van der Waals surface area (Å²) in [4.78, 5) is 28.7. The molecule has 0 bridgehead atoms. The molecule has 0 aliphatic heterocycles. The predicted octanol–water partition coefficient (Wildman–Crippen LogP) is 3.38. The molecule has 0 radical (unpaired) electrons. The first kappa shape index (κ1) is 17.7. The summed E-state index contributed by atoms with van der Waals surface area (Å²) in [6.07, 6.45) is 0.203. The number of Topliss-reactive ketones (excluding diaryl/α,β-unsaturated/α-hetero) is 1. The van der Waals surface area contributed by atoms with Crippen LogP contribution in [0.5, 0.6) is 0 Å². The summed E-state index contributed by atoms with van der Waals surface area (Å²) in [6.45, 7) is 7.87. The molecular weight excluding hydrogens is 328 g/mol. The zero-order valence-electron chi connectivity index (χ0n) is 13.7. The minimum absolute atomic E-state index is 0.0971. The first-order valence-corrected chi connectivity index (χ1v) is 9.06. The Balaban J connectivity index is 2.08. The molecule has 4 nitrogen and oxygen atoms in total. The van der Waals surface area contributed by atoms with Crippen molar-refractivity contribution in [2.45, 2.75) is 38.5 Å². The quantitative estimate of drug-likeness (QED) is 0.641. The topological polar surface area (TPSA) is 73.1 Å². The van der Waals surface area contributed by atoms with E-state index < -0.39 is 0 Å². The molecule has 122 valence electrons. The maximum Gasteiger partial charge on any atom is 0.222 e. The number of carbonyl (C=O) groups excluding carboxylic acids is 2. The van der Waals surface area contributed by atoms with Gasteiger partial charge in [-0.05, 0) is 50.5 Å². The van der Waals surface area contributed by atoms with Gasteiger partial charge in [-0.1, -0.05) is 17.8 Å². The third kappa shape index (κ3) is 4.42. The van der Waals surface area contributed by atoms with Crippen molar-refractivity contribution in [3.63, 3.8) is 0 Å². The standard InChI is InChI=1S/C17H20N2O2S2/c1-9-5-11(3)13(6-10(9)2)14(20)8-22-17-19-12(4)15(23-17)7-16(18)21/h5-6H,7-8H2,1-4H3,(H2,18,21). The van der Waals surface area contributed by atoms with E-state index in [-0.39, 0.29) is 18.1 Å². The molecule has 1 amide bonds. The van der Waals surface area contributed by atoms with E-state index in [1.165, 1.54) is 28.7 Å². The van der Waals surface area contributed by atoms with Crippen LogP contribution in [-0.4, -0.2) is 22.4 Å². The zero-order chi connectivity index (χ0) is 17.1. The van der Waals surface area contributed by atoms with Crippen LogP contribution in [0.2, 0.25) is 0 Å². The number of rotatable bonds is 6. The van der Waals surface area contributed by atoms with E-state index in [1.54, 1.807) is 0 Å². The molecule has 0 aliphatic rings. The van der Waals surface area contributed by atoms with Crippen LogP contribution in [0.3, 0.4) is 0 Å². The van der Waals surface area contributed by atoms with Crippen LogP contribution < -0.4 is 5.73 Å². The highest BCUT2D eigenvalue weighted by Crippen LogP contribution is 2.28. The SMILES string of the molecule is Cc1cc(C)c(C(=O)CSc2nc(C)c(CC(N)=O)s2)cc1C. The van der Waals surface area contributed by atoms with Crippen LogP contribution >= 0.6 is 23.1 Å². The van der Waals surface area contributed by atoms with E-state index in [9.17, 15) is 9.59 Å². The van der Waals surface area contributed by atoms with Crippen LogP contribution in [0.25, 0.3) is 0 Å². The highest BCUT2D eigenvalue weighted by Gasteiger charge is 2.14. The molecule has 0 fully saturated rings. The Morgan fingerprint density at radius 1 is 1.13 bits per heavy atom. The molecule has 0 aliphatic carbocycles. The number of nitrogens with two attached hydrogens (primary N) is 1. The van der Waals surface area contributed by atoms with Crippen LogP contribution in [0.1, 0.15) is 37.6 Å². The molecule has 0 atom stereocenters. The number of amides is 1. The van der Waals surface area contributed by atoms with Crippen LogP contribution in [0, 0.1) is 27.7 Å². The lowest BCUT2D eigenvalue weighted by atomic mass is 9.99. The third-order valence-electron chi connectivity index (χ3n) is 3.68. The zero-order valence-corrected chi connectivity index (χ0v) is 15.4. The number of ketones is 1. The van der Waals surface area contributed by atoms with Gasteiger partial charge >= 0.3 is 0 Å². The monoisotopic (exact) mass is 348 g/mol. The third-order valence-corrected chi connectivity index (χ3v) is 5.98. The second kappa shape index (κ2) is 7.27. The molecule has 2 rings (SSSR count). The molecule has 0 saturated heterocycles. The van der Waals surface area contributed by atoms with Crippen molar-refractivity contribution < 1.29 is 9.59 Å². The molecule has 1 aromatic carbocycles. The summed E-state index contributed by atoms with van der Waals surface area (Å²) in [5, 5.41) is 0. The van der Waals surface area contributed by atoms with Gasteiger partial charge in [0.05, 0.1) is 17.9 Å². The Kier molecular flexibility index (Phi) is 5.59. The lowest BCUT2D eigenvalue weighted by Gasteiger charge is -2.08. The minimum atomic E-state index is -0.366. The minimum Gasteiger partial charge on any atom is -0.369 e. The van der Waals surface area contributed by atoms with Gasteiger partial charge in [-0.15, -0.1) is 11.3 Å². The van der Waals surface area contributed by atoms with E-state index in [1.807, 2.05) is 39.8 Å². The highest BCUT2D eigenvalue weighted by molar-refractivity contribution is 8.01. The fourth-order valence-electron chi connectivity index (χ4n) is 2.25. The average molecular weight is 348 g/mol. The molecule has 2 aromatic rings. The van der Waals surface area contributed by atoms with Gasteiger partial charge in [0, 0.05) is 10.4 Å². The summed E-state index contributed by atoms with van der Waals surface area (Å²) < 4.78 is 0.800. The van der Waals surface area contributed by atoms with E-state index >= 15 is 0 Å². The van der Waals surface area contributed by atoms with Gasteiger partial charge in [0.25, 0.3) is 0 Å². The number of carbonyl (C=O) groups is 2. The Labute approximate surface area is 144 Å². The lowest BCUT2D eigenvalue weighted by Crippen LogP contribution is -2.13. The predicted molar refractivity (Wildman–Crippen MR) is 95.5 cm³/mol. The normalized spacial score (nSPS) is 10.8. The van der Waals surface area contributed by atoms with E-state index in [2.05, 4.69) is 4.98 Å². The number of nitrogens with zero attached hydrogens (tertiary/aromatic N) is 1. The molecular formula is C17H20N2O2S2. The second-order valence-electron chi connectivity index (χ2n) is 5.59. The lowest BCUT2D eigenvalue weighted by molar-refractivity contribution is -0.117. The first-order valence-electron chi connectivity index (χ1n) is 7.26. The van der Waals surface area contributed by atoms with Gasteiger partial charge in [0.2, 0.25) is 5.91 Å². The molecule has 6 heteroatoms. The van der Waals surface area contributed by atoms with Crippen molar-refractivity contribution >= 4 is 34.8 Å². The van der Waals surface area contributed by atoms with Crippen molar-refractivity contribution in [3.8, 4) is 0 Å². The van der Waals surface area contributed by atoms with Gasteiger partial charge in [0.15, 0.2) is 10.1 Å². The molecule has 0 unspecified atom stereocenters. The Hall–Kier alpha value is -1.66. The average Bonchev–Trinajstić information content (AvgIpc) is 2.80. The molecule has 1 heterocycles. The summed E-state index contributed by atoms with van der Waals surface area (Å²) in [5.74, 6) is 0.0711. The van der Waals surface area contributed by atoms with Crippen LogP contribution in [0.4, 0.5) is 0 Å². The molecule has 0 saturated carbocycles. The van der Waals surface area contributed by atoms with Crippen molar-refractivity contribution in [2.24, 2.45) is 5.73 Å². The van der Waals surface area contributed by atoms with E-state index in [0.717, 1.165) is 31.6 Å². The Morgan fingerprint density at radius 3 is 2.43 bits per heavy atom. The fraction of sp³-hybridized carbons (Fsp3) is 0.353. The Morgan fingerprint density at radius 2 is 1.78 bits per heavy atom. The van der Waals surface area contributed by atoms with Crippen LogP contribution in [-0.2, 0) is 11.2 Å². The second-order valence-corrected chi connectivity index (χ2v) is 7.90. The number of benzene rings is 1. The highest BCUT2D eigenvalue weighted by atomic mass is 32.2. The van der Waals surface area contributed by atoms with Gasteiger partial charge in [-0.2, -0.15) is 0 Å². The summed E-state index contributed by atoms with van der Waals surface area (Å²) >= 11 is 2.84. The summed E-state index contributed by atoms with van der Waals surface area (Å²) in [6, 6.07) is 4.00. The number of primary amides is 1. The number of aromatic nitrogens is 1. The van der Waals surface area contributed by atoms with Gasteiger partial charge in [0.1, 0.15) is 0 Å². The van der Waals surface area contributed by atoms with E-state index in [4.69, 9.17) is 5.73 Å². The molecule has 1 aromatic heterocycles. The molecule has 23 heavy (non-hydrogen) atoms. The largest absolute Gasteiger partial charge is 0.369 e.